The van der Waals surface area contributed by atoms with Crippen LogP contribution in [0.1, 0.15) is 5.69 Å². The van der Waals surface area contributed by atoms with Crippen LogP contribution in [0, 0.1) is 0 Å². The molecule has 0 bridgehead atoms. The maximum Gasteiger partial charge on any atom is 0.435 e. The van der Waals surface area contributed by atoms with Crippen molar-refractivity contribution in [1.29, 1.82) is 0 Å². The second-order valence-corrected chi connectivity index (χ2v) is 8.90. The van der Waals surface area contributed by atoms with Gasteiger partial charge in [0.25, 0.3) is 0 Å². The number of rotatable bonds is 2. The van der Waals surface area contributed by atoms with Crippen LogP contribution in [0.25, 0.3) is 27.4 Å². The van der Waals surface area contributed by atoms with Gasteiger partial charge in [-0.15, -0.1) is 0 Å². The minimum absolute atomic E-state index is 0.0342. The fraction of sp³-hybridized carbons (Fsp3) is 0.150. The van der Waals surface area contributed by atoms with E-state index in [1.807, 2.05) is 0 Å². The Hall–Kier alpha value is -3.27. The van der Waals surface area contributed by atoms with E-state index in [-0.39, 0.29) is 22.6 Å². The first-order chi connectivity index (χ1) is 14.1. The van der Waals surface area contributed by atoms with E-state index in [1.54, 1.807) is 18.2 Å². The highest BCUT2D eigenvalue weighted by molar-refractivity contribution is 7.90. The number of nitrogens with zero attached hydrogens (tertiary/aromatic N) is 2. The first kappa shape index (κ1) is 18.7. The second-order valence-electron chi connectivity index (χ2n) is 6.88. The number of fused-ring (bicyclic) bond motifs is 5. The summed E-state index contributed by atoms with van der Waals surface area (Å²) in [7, 11) is -3.44. The van der Waals surface area contributed by atoms with E-state index < -0.39 is 21.7 Å². The number of aromatic nitrogens is 2. The number of halogens is 3. The third-order valence-electron chi connectivity index (χ3n) is 4.95. The molecular weight excluding hydrogens is 421 g/mol. The minimum Gasteiger partial charge on any atom is -0.454 e. The van der Waals surface area contributed by atoms with Gasteiger partial charge in [0.2, 0.25) is 6.79 Å². The Kier molecular flexibility index (Phi) is 3.82. The molecule has 0 amide bonds. The lowest BCUT2D eigenvalue weighted by Gasteiger charge is -2.08. The average Bonchev–Trinajstić information content (AvgIpc) is 3.31. The van der Waals surface area contributed by atoms with Gasteiger partial charge >= 0.3 is 6.18 Å². The molecule has 0 fully saturated rings. The van der Waals surface area contributed by atoms with Crippen molar-refractivity contribution in [3.8, 4) is 17.2 Å². The molecule has 0 N–H and O–H groups in total. The van der Waals surface area contributed by atoms with Crippen LogP contribution in [0.2, 0.25) is 0 Å². The Morgan fingerprint density at radius 1 is 0.933 bits per heavy atom. The van der Waals surface area contributed by atoms with Crippen molar-refractivity contribution in [3.05, 3.63) is 54.2 Å². The van der Waals surface area contributed by atoms with Crippen molar-refractivity contribution in [1.82, 2.24) is 9.78 Å². The van der Waals surface area contributed by atoms with Gasteiger partial charge in [0.1, 0.15) is 0 Å². The summed E-state index contributed by atoms with van der Waals surface area (Å²) < 4.78 is 76.5. The highest BCUT2D eigenvalue weighted by Gasteiger charge is 2.37. The summed E-state index contributed by atoms with van der Waals surface area (Å²) in [4.78, 5) is 0.0620. The molecule has 3 aromatic carbocycles. The lowest BCUT2D eigenvalue weighted by molar-refractivity contribution is -0.140. The quantitative estimate of drug-likeness (QED) is 0.470. The summed E-state index contributed by atoms with van der Waals surface area (Å²) >= 11 is 0. The lowest BCUT2D eigenvalue weighted by Crippen LogP contribution is -2.07. The minimum atomic E-state index is -4.67. The maximum absolute atomic E-state index is 13.7. The molecule has 4 aromatic rings. The molecular formula is C20H13F3N2O4S. The smallest absolute Gasteiger partial charge is 0.435 e. The topological polar surface area (TPSA) is 70.4 Å². The molecule has 0 radical (unpaired) electrons. The monoisotopic (exact) mass is 434 g/mol. The van der Waals surface area contributed by atoms with Gasteiger partial charge in [0.05, 0.1) is 16.1 Å². The molecule has 0 saturated carbocycles. The van der Waals surface area contributed by atoms with Crippen molar-refractivity contribution in [2.45, 2.75) is 11.1 Å². The predicted molar refractivity (Wildman–Crippen MR) is 103 cm³/mol. The molecule has 0 spiro atoms. The molecule has 154 valence electrons. The molecule has 0 aliphatic carbocycles. The first-order valence-electron chi connectivity index (χ1n) is 8.76. The van der Waals surface area contributed by atoms with Crippen molar-refractivity contribution in [2.75, 3.05) is 13.0 Å². The molecule has 30 heavy (non-hydrogen) atoms. The fourth-order valence-corrected chi connectivity index (χ4v) is 4.24. The summed E-state index contributed by atoms with van der Waals surface area (Å²) in [6.07, 6.45) is -3.61. The summed E-state index contributed by atoms with van der Waals surface area (Å²) in [5.74, 6) is 0.976. The standard InChI is InChI=1S/C20H13F3N2O4S/c1-30(26,27)12-4-2-11(3-5-12)25-17-13-8-9-16-18(29-10-28-16)14(13)6-7-15(17)19(24-25)20(21,22)23/h2-9H,10H2,1H3. The van der Waals surface area contributed by atoms with Crippen LogP contribution in [-0.2, 0) is 16.0 Å². The highest BCUT2D eigenvalue weighted by Crippen LogP contribution is 2.44. The molecule has 0 unspecified atom stereocenters. The Balaban J connectivity index is 1.85. The van der Waals surface area contributed by atoms with Crippen LogP contribution in [0.5, 0.6) is 11.5 Å². The van der Waals surface area contributed by atoms with E-state index in [1.165, 1.54) is 35.0 Å². The van der Waals surface area contributed by atoms with Gasteiger partial charge in [0, 0.05) is 22.4 Å². The Morgan fingerprint density at radius 2 is 1.60 bits per heavy atom. The van der Waals surface area contributed by atoms with Gasteiger partial charge in [-0.2, -0.15) is 18.3 Å². The Morgan fingerprint density at radius 3 is 2.27 bits per heavy atom. The van der Waals surface area contributed by atoms with E-state index >= 15 is 0 Å². The van der Waals surface area contributed by atoms with E-state index in [9.17, 15) is 21.6 Å². The number of alkyl halides is 3. The second kappa shape index (κ2) is 6.11. The predicted octanol–water partition coefficient (Wildman–Crippen LogP) is 4.33. The lowest BCUT2D eigenvalue weighted by atomic mass is 10.0. The van der Waals surface area contributed by atoms with E-state index in [0.717, 1.165) is 6.26 Å². The third-order valence-corrected chi connectivity index (χ3v) is 6.08. The number of hydrogen-bond acceptors (Lipinski definition) is 5. The molecule has 0 atom stereocenters. The van der Waals surface area contributed by atoms with Crippen LogP contribution in [0.3, 0.4) is 0 Å². The summed E-state index contributed by atoms with van der Waals surface area (Å²) in [5, 5.41) is 4.87. The highest BCUT2D eigenvalue weighted by atomic mass is 32.2. The molecule has 1 aliphatic rings. The van der Waals surface area contributed by atoms with Gasteiger partial charge in [-0.05, 0) is 48.5 Å². The molecule has 10 heteroatoms. The average molecular weight is 434 g/mol. The first-order valence-corrected chi connectivity index (χ1v) is 10.7. The number of hydrogen-bond donors (Lipinski definition) is 0. The largest absolute Gasteiger partial charge is 0.454 e. The Labute approximate surface area is 168 Å². The summed E-state index contributed by atoms with van der Waals surface area (Å²) in [5.41, 5.74) is -0.484. The van der Waals surface area contributed by atoms with Gasteiger partial charge in [0.15, 0.2) is 27.0 Å². The van der Waals surface area contributed by atoms with Crippen LogP contribution in [0.4, 0.5) is 13.2 Å². The summed E-state index contributed by atoms with van der Waals surface area (Å²) in [6.45, 7) is 0.0342. The van der Waals surface area contributed by atoms with Gasteiger partial charge in [-0.3, -0.25) is 0 Å². The van der Waals surface area contributed by atoms with E-state index in [0.29, 0.717) is 28.0 Å². The zero-order valence-electron chi connectivity index (χ0n) is 15.4. The van der Waals surface area contributed by atoms with Crippen LogP contribution >= 0.6 is 0 Å². The Bertz CT molecular complexity index is 1420. The normalized spacial score (nSPS) is 14.0. The maximum atomic E-state index is 13.7. The molecule has 1 aromatic heterocycles. The zero-order chi connectivity index (χ0) is 21.3. The van der Waals surface area contributed by atoms with Gasteiger partial charge < -0.3 is 9.47 Å². The SMILES string of the molecule is CS(=O)(=O)c1ccc(-n2nc(C(F)(F)F)c3ccc4c5c(ccc4c32)OCO5)cc1. The number of ether oxygens (including phenoxy) is 2. The number of sulfone groups is 1. The zero-order valence-corrected chi connectivity index (χ0v) is 16.2. The molecule has 6 nitrogen and oxygen atoms in total. The third kappa shape index (κ3) is 2.78. The van der Waals surface area contributed by atoms with Crippen molar-refractivity contribution >= 4 is 31.5 Å². The fourth-order valence-electron chi connectivity index (χ4n) is 3.61. The van der Waals surface area contributed by atoms with Gasteiger partial charge in [-0.25, -0.2) is 13.1 Å². The summed E-state index contributed by atoms with van der Waals surface area (Å²) in [6, 6.07) is 11.7. The van der Waals surface area contributed by atoms with Crippen molar-refractivity contribution in [2.24, 2.45) is 0 Å². The van der Waals surface area contributed by atoms with Crippen LogP contribution < -0.4 is 9.47 Å². The van der Waals surface area contributed by atoms with E-state index in [2.05, 4.69) is 5.10 Å². The number of benzene rings is 3. The van der Waals surface area contributed by atoms with Crippen LogP contribution in [-0.4, -0.2) is 31.2 Å². The van der Waals surface area contributed by atoms with Gasteiger partial charge in [-0.1, -0.05) is 0 Å². The van der Waals surface area contributed by atoms with Crippen LogP contribution in [0.15, 0.2) is 53.4 Å². The van der Waals surface area contributed by atoms with Crippen molar-refractivity contribution < 1.29 is 31.1 Å². The van der Waals surface area contributed by atoms with Crippen molar-refractivity contribution in [3.63, 3.8) is 0 Å². The molecule has 2 heterocycles. The molecule has 5 rings (SSSR count). The molecule has 1 aliphatic heterocycles. The van der Waals surface area contributed by atoms with E-state index in [4.69, 9.17) is 9.47 Å². The molecule has 0 saturated heterocycles.